The van der Waals surface area contributed by atoms with Crippen molar-refractivity contribution in [2.45, 2.75) is 69.6 Å². The number of hydrogen-bond donors (Lipinski definition) is 3. The number of urea groups is 1. The molecule has 1 saturated carbocycles. The minimum Gasteiger partial charge on any atom is -0.480 e. The molecule has 0 aromatic rings. The van der Waals surface area contributed by atoms with Gasteiger partial charge in [-0.1, -0.05) is 25.7 Å². The van der Waals surface area contributed by atoms with Crippen molar-refractivity contribution < 1.29 is 19.4 Å². The van der Waals surface area contributed by atoms with E-state index in [-0.39, 0.29) is 12.1 Å². The zero-order valence-electron chi connectivity index (χ0n) is 12.0. The summed E-state index contributed by atoms with van der Waals surface area (Å²) >= 11 is 0. The fourth-order valence-corrected chi connectivity index (χ4v) is 3.07. The zero-order valence-corrected chi connectivity index (χ0v) is 12.0. The molecular weight excluding hydrogens is 260 g/mol. The average Bonchev–Trinajstić information content (AvgIpc) is 2.66. The number of hydrogen-bond acceptors (Lipinski definition) is 3. The van der Waals surface area contributed by atoms with Crippen LogP contribution < -0.4 is 10.6 Å². The van der Waals surface area contributed by atoms with Gasteiger partial charge in [-0.2, -0.15) is 0 Å². The molecule has 2 fully saturated rings. The SMILES string of the molecule is CC1OCCC1NC(=O)NC1(C(=O)O)CCCCCC1. The second-order valence-corrected chi connectivity index (χ2v) is 5.87. The predicted molar refractivity (Wildman–Crippen MR) is 73.6 cm³/mol. The Bertz CT molecular complexity index is 364. The highest BCUT2D eigenvalue weighted by Crippen LogP contribution is 2.27. The maximum absolute atomic E-state index is 12.1. The van der Waals surface area contributed by atoms with Crippen LogP contribution in [0.4, 0.5) is 4.79 Å². The second kappa shape index (κ2) is 6.43. The van der Waals surface area contributed by atoms with E-state index in [1.165, 1.54) is 0 Å². The van der Waals surface area contributed by atoms with Crippen molar-refractivity contribution in [2.75, 3.05) is 6.61 Å². The highest BCUT2D eigenvalue weighted by Gasteiger charge is 2.40. The molecule has 0 aromatic carbocycles. The van der Waals surface area contributed by atoms with E-state index in [1.807, 2.05) is 6.92 Å². The van der Waals surface area contributed by atoms with Gasteiger partial charge in [-0.25, -0.2) is 9.59 Å². The lowest BCUT2D eigenvalue weighted by atomic mass is 9.90. The summed E-state index contributed by atoms with van der Waals surface area (Å²) in [6.45, 7) is 2.55. The fourth-order valence-electron chi connectivity index (χ4n) is 3.07. The minimum atomic E-state index is -1.11. The standard InChI is InChI=1S/C14H24N2O4/c1-10-11(6-9-20-10)15-13(19)16-14(12(17)18)7-4-2-3-5-8-14/h10-11H,2-9H2,1H3,(H,17,18)(H2,15,16,19). The second-order valence-electron chi connectivity index (χ2n) is 5.87. The van der Waals surface area contributed by atoms with Gasteiger partial charge in [0.25, 0.3) is 0 Å². The van der Waals surface area contributed by atoms with Crippen LogP contribution in [0.3, 0.4) is 0 Å². The molecular formula is C14H24N2O4. The van der Waals surface area contributed by atoms with Gasteiger partial charge in [0.1, 0.15) is 5.54 Å². The molecule has 1 saturated heterocycles. The first kappa shape index (κ1) is 15.1. The molecule has 20 heavy (non-hydrogen) atoms. The van der Waals surface area contributed by atoms with Gasteiger partial charge in [0.15, 0.2) is 0 Å². The molecule has 0 bridgehead atoms. The third-order valence-corrected chi connectivity index (χ3v) is 4.41. The first-order chi connectivity index (χ1) is 9.53. The summed E-state index contributed by atoms with van der Waals surface area (Å²) in [5, 5.41) is 15.1. The van der Waals surface area contributed by atoms with Crippen molar-refractivity contribution in [3.05, 3.63) is 0 Å². The summed E-state index contributed by atoms with van der Waals surface area (Å²) < 4.78 is 5.39. The van der Waals surface area contributed by atoms with E-state index in [2.05, 4.69) is 10.6 Å². The van der Waals surface area contributed by atoms with E-state index in [0.717, 1.165) is 32.1 Å². The van der Waals surface area contributed by atoms with Gasteiger partial charge in [-0.05, 0) is 26.2 Å². The minimum absolute atomic E-state index is 0.0179. The smallest absolute Gasteiger partial charge is 0.329 e. The number of aliphatic carboxylic acids is 1. The van der Waals surface area contributed by atoms with E-state index in [4.69, 9.17) is 4.74 Å². The number of ether oxygens (including phenoxy) is 1. The Morgan fingerprint density at radius 1 is 1.20 bits per heavy atom. The molecule has 0 aromatic heterocycles. The number of rotatable bonds is 3. The molecule has 0 spiro atoms. The summed E-state index contributed by atoms with van der Waals surface area (Å²) in [6.07, 6.45) is 5.52. The first-order valence-electron chi connectivity index (χ1n) is 7.47. The van der Waals surface area contributed by atoms with Crippen LogP contribution in [0.2, 0.25) is 0 Å². The summed E-state index contributed by atoms with van der Waals surface area (Å²) in [5.41, 5.74) is -1.11. The highest BCUT2D eigenvalue weighted by molar-refractivity contribution is 5.86. The van der Waals surface area contributed by atoms with E-state index in [1.54, 1.807) is 0 Å². The number of carboxylic acid groups (broad SMARTS) is 1. The molecule has 2 atom stereocenters. The van der Waals surface area contributed by atoms with Crippen molar-refractivity contribution in [2.24, 2.45) is 0 Å². The van der Waals surface area contributed by atoms with Crippen molar-refractivity contribution in [3.63, 3.8) is 0 Å². The Morgan fingerprint density at radius 2 is 1.85 bits per heavy atom. The third kappa shape index (κ3) is 3.42. The summed E-state index contributed by atoms with van der Waals surface area (Å²) in [5.74, 6) is -0.926. The van der Waals surface area contributed by atoms with Crippen LogP contribution in [-0.2, 0) is 9.53 Å². The maximum Gasteiger partial charge on any atom is 0.329 e. The van der Waals surface area contributed by atoms with E-state index in [9.17, 15) is 14.7 Å². The van der Waals surface area contributed by atoms with Gasteiger partial charge in [0, 0.05) is 6.61 Å². The van der Waals surface area contributed by atoms with Gasteiger partial charge >= 0.3 is 12.0 Å². The number of carbonyl (C=O) groups excluding carboxylic acids is 1. The monoisotopic (exact) mass is 284 g/mol. The first-order valence-corrected chi connectivity index (χ1v) is 7.47. The molecule has 2 unspecified atom stereocenters. The van der Waals surface area contributed by atoms with E-state index >= 15 is 0 Å². The van der Waals surface area contributed by atoms with Gasteiger partial charge < -0.3 is 20.5 Å². The number of nitrogens with one attached hydrogen (secondary N) is 2. The van der Waals surface area contributed by atoms with Crippen molar-refractivity contribution in [1.82, 2.24) is 10.6 Å². The Labute approximate surface area is 119 Å². The molecule has 6 nitrogen and oxygen atoms in total. The van der Waals surface area contributed by atoms with Crippen molar-refractivity contribution in [1.29, 1.82) is 0 Å². The molecule has 2 aliphatic rings. The maximum atomic E-state index is 12.1. The van der Waals surface area contributed by atoms with Crippen molar-refractivity contribution >= 4 is 12.0 Å². The number of carbonyl (C=O) groups is 2. The van der Waals surface area contributed by atoms with Crippen LogP contribution in [-0.4, -0.2) is 41.4 Å². The largest absolute Gasteiger partial charge is 0.480 e. The lowest BCUT2D eigenvalue weighted by Gasteiger charge is -2.30. The quantitative estimate of drug-likeness (QED) is 0.687. The summed E-state index contributed by atoms with van der Waals surface area (Å²) in [6, 6.07) is -0.428. The lowest BCUT2D eigenvalue weighted by molar-refractivity contribution is -0.145. The number of carboxylic acids is 1. The van der Waals surface area contributed by atoms with Crippen molar-refractivity contribution in [3.8, 4) is 0 Å². The van der Waals surface area contributed by atoms with Gasteiger partial charge in [-0.3, -0.25) is 0 Å². The van der Waals surface area contributed by atoms with Crippen LogP contribution in [0.25, 0.3) is 0 Å². The highest BCUT2D eigenvalue weighted by atomic mass is 16.5. The van der Waals surface area contributed by atoms with E-state index < -0.39 is 17.5 Å². The fraction of sp³-hybridized carbons (Fsp3) is 0.857. The van der Waals surface area contributed by atoms with Crippen LogP contribution in [0.1, 0.15) is 51.9 Å². The van der Waals surface area contributed by atoms with E-state index in [0.29, 0.717) is 19.4 Å². The van der Waals surface area contributed by atoms with Gasteiger partial charge in [0.2, 0.25) is 0 Å². The van der Waals surface area contributed by atoms with Crippen LogP contribution >= 0.6 is 0 Å². The Morgan fingerprint density at radius 3 is 2.35 bits per heavy atom. The van der Waals surface area contributed by atoms with Crippen LogP contribution in [0.5, 0.6) is 0 Å². The molecule has 2 amide bonds. The Hall–Kier alpha value is -1.30. The zero-order chi connectivity index (χ0) is 14.6. The molecule has 1 aliphatic carbocycles. The molecule has 114 valence electrons. The lowest BCUT2D eigenvalue weighted by Crippen LogP contribution is -2.58. The molecule has 1 aliphatic heterocycles. The number of amides is 2. The van der Waals surface area contributed by atoms with Gasteiger partial charge in [-0.15, -0.1) is 0 Å². The normalized spacial score (nSPS) is 29.4. The van der Waals surface area contributed by atoms with Crippen LogP contribution in [0, 0.1) is 0 Å². The molecule has 1 heterocycles. The summed E-state index contributed by atoms with van der Waals surface area (Å²) in [4.78, 5) is 23.7. The molecule has 6 heteroatoms. The average molecular weight is 284 g/mol. The third-order valence-electron chi connectivity index (χ3n) is 4.41. The molecule has 0 radical (unpaired) electrons. The topological polar surface area (TPSA) is 87.7 Å². The summed E-state index contributed by atoms with van der Waals surface area (Å²) in [7, 11) is 0. The molecule has 2 rings (SSSR count). The Balaban J connectivity index is 1.96. The molecule has 3 N–H and O–H groups in total. The van der Waals surface area contributed by atoms with Gasteiger partial charge in [0.05, 0.1) is 12.1 Å². The Kier molecular flexibility index (Phi) is 4.86. The van der Waals surface area contributed by atoms with Crippen LogP contribution in [0.15, 0.2) is 0 Å². The predicted octanol–water partition coefficient (Wildman–Crippen LogP) is 1.64.